The van der Waals surface area contributed by atoms with Crippen LogP contribution in [0, 0.1) is 5.41 Å². The van der Waals surface area contributed by atoms with E-state index in [1.807, 2.05) is 4.72 Å². The summed E-state index contributed by atoms with van der Waals surface area (Å²) in [6.45, 7) is 0. The minimum Gasteiger partial charge on any atom is -0.859 e. The number of anilines is 1. The van der Waals surface area contributed by atoms with Crippen molar-refractivity contribution in [3.05, 3.63) is 58.6 Å². The lowest BCUT2D eigenvalue weighted by atomic mass is 10.2. The van der Waals surface area contributed by atoms with Crippen LogP contribution in [0.25, 0.3) is 0 Å². The van der Waals surface area contributed by atoms with Gasteiger partial charge in [0.05, 0.1) is 16.1 Å². The maximum atomic E-state index is 13.1. The van der Waals surface area contributed by atoms with E-state index in [-0.39, 0.29) is 16.3 Å². The smallest absolute Gasteiger partial charge is 0.417 e. The molecular formula is C14H9ClF3N2O3S-. The molecule has 0 spiro atoms. The highest BCUT2D eigenvalue weighted by Gasteiger charge is 2.37. The quantitative estimate of drug-likeness (QED) is 0.633. The van der Waals surface area contributed by atoms with Gasteiger partial charge >= 0.3 is 6.18 Å². The van der Waals surface area contributed by atoms with Crippen LogP contribution in [0.3, 0.4) is 0 Å². The van der Waals surface area contributed by atoms with Crippen molar-refractivity contribution in [2.75, 3.05) is 4.72 Å². The standard InChI is InChI=1S/C14H10ClF3N2O3S/c15-8-5-6-12(10(7-8)14(16,17)18)24(22,23)20-11-4-2-1-3-9(11)13(19)21/h1-7,20H,(H2,19,21)/p-1. The summed E-state index contributed by atoms with van der Waals surface area (Å²) in [5, 5.41) is 18.0. The highest BCUT2D eigenvalue weighted by Crippen LogP contribution is 2.36. The van der Waals surface area contributed by atoms with Gasteiger partial charge in [0, 0.05) is 10.6 Å². The third-order valence-electron chi connectivity index (χ3n) is 2.95. The topological polar surface area (TPSA) is 93.1 Å². The molecule has 0 saturated carbocycles. The average Bonchev–Trinajstić information content (AvgIpc) is 2.45. The van der Waals surface area contributed by atoms with Crippen LogP contribution in [0.2, 0.25) is 5.02 Å². The fraction of sp³-hybridized carbons (Fsp3) is 0.0714. The molecule has 0 radical (unpaired) electrons. The van der Waals surface area contributed by atoms with Gasteiger partial charge in [-0.3, -0.25) is 4.72 Å². The molecule has 24 heavy (non-hydrogen) atoms. The zero-order valence-electron chi connectivity index (χ0n) is 11.7. The third kappa shape index (κ3) is 3.80. The molecule has 0 bridgehead atoms. The van der Waals surface area contributed by atoms with Gasteiger partial charge in [0.15, 0.2) is 0 Å². The number of hydrogen-bond donors (Lipinski definition) is 2. The molecule has 0 atom stereocenters. The van der Waals surface area contributed by atoms with E-state index >= 15 is 0 Å². The molecule has 10 heteroatoms. The molecule has 2 rings (SSSR count). The molecule has 0 unspecified atom stereocenters. The molecular weight excluding hydrogens is 369 g/mol. The van der Waals surface area contributed by atoms with E-state index in [9.17, 15) is 26.7 Å². The Balaban J connectivity index is 2.56. The Hall–Kier alpha value is -2.26. The highest BCUT2D eigenvalue weighted by molar-refractivity contribution is 7.92. The predicted octanol–water partition coefficient (Wildman–Crippen LogP) is 2.85. The lowest BCUT2D eigenvalue weighted by molar-refractivity contribution is -0.214. The van der Waals surface area contributed by atoms with Crippen molar-refractivity contribution in [3.63, 3.8) is 0 Å². The van der Waals surface area contributed by atoms with Gasteiger partial charge in [-0.15, -0.1) is 0 Å². The second-order valence-electron chi connectivity index (χ2n) is 4.62. The number of rotatable bonds is 4. The number of nitrogens with one attached hydrogen (secondary N) is 2. The van der Waals surface area contributed by atoms with Gasteiger partial charge in [0.2, 0.25) is 0 Å². The molecule has 0 saturated heterocycles. The maximum Gasteiger partial charge on any atom is 0.417 e. The Morgan fingerprint density at radius 2 is 1.79 bits per heavy atom. The Labute approximate surface area is 140 Å². The summed E-state index contributed by atoms with van der Waals surface area (Å²) in [4.78, 5) is -1.04. The first kappa shape index (κ1) is 18.1. The Bertz CT molecular complexity index is 898. The second kappa shape index (κ2) is 6.33. The summed E-state index contributed by atoms with van der Waals surface area (Å²) in [6.07, 6.45) is -4.94. The number of halogens is 4. The van der Waals surface area contributed by atoms with Crippen molar-refractivity contribution < 1.29 is 26.7 Å². The summed E-state index contributed by atoms with van der Waals surface area (Å²) in [7, 11) is -4.66. The number of para-hydroxylation sites is 1. The Morgan fingerprint density at radius 3 is 2.38 bits per heavy atom. The van der Waals surface area contributed by atoms with Gasteiger partial charge in [-0.05, 0) is 30.2 Å². The summed E-state index contributed by atoms with van der Waals surface area (Å²) >= 11 is 5.52. The largest absolute Gasteiger partial charge is 0.859 e. The molecule has 0 fully saturated rings. The van der Waals surface area contributed by atoms with Crippen molar-refractivity contribution in [3.8, 4) is 0 Å². The Morgan fingerprint density at radius 1 is 1.17 bits per heavy atom. The molecule has 2 aromatic rings. The van der Waals surface area contributed by atoms with Gasteiger partial charge in [0.25, 0.3) is 10.0 Å². The van der Waals surface area contributed by atoms with Gasteiger partial charge in [-0.2, -0.15) is 13.2 Å². The summed E-state index contributed by atoms with van der Waals surface area (Å²) in [5.41, 5.74) is -2.01. The lowest BCUT2D eigenvalue weighted by Gasteiger charge is -2.17. The van der Waals surface area contributed by atoms with Crippen LogP contribution in [0.5, 0.6) is 0 Å². The van der Waals surface area contributed by atoms with Crippen LogP contribution in [0.1, 0.15) is 11.1 Å². The summed E-state index contributed by atoms with van der Waals surface area (Å²) < 4.78 is 65.8. The van der Waals surface area contributed by atoms with E-state index in [2.05, 4.69) is 0 Å². The van der Waals surface area contributed by atoms with Gasteiger partial charge in [-0.1, -0.05) is 29.8 Å². The normalized spacial score (nSPS) is 12.0. The number of alkyl halides is 3. The van der Waals surface area contributed by atoms with Crippen LogP contribution in [0.15, 0.2) is 47.4 Å². The molecule has 2 aromatic carbocycles. The van der Waals surface area contributed by atoms with Crippen LogP contribution < -0.4 is 9.83 Å². The fourth-order valence-electron chi connectivity index (χ4n) is 1.93. The number of benzene rings is 2. The first-order valence-electron chi connectivity index (χ1n) is 6.27. The van der Waals surface area contributed by atoms with Crippen molar-refractivity contribution in [1.29, 1.82) is 5.41 Å². The van der Waals surface area contributed by atoms with Crippen molar-refractivity contribution in [2.45, 2.75) is 11.1 Å². The molecule has 128 valence electrons. The third-order valence-corrected chi connectivity index (χ3v) is 4.61. The summed E-state index contributed by atoms with van der Waals surface area (Å²) in [5.74, 6) is -1.18. The van der Waals surface area contributed by atoms with Crippen molar-refractivity contribution >= 4 is 33.2 Å². The average molecular weight is 378 g/mol. The summed E-state index contributed by atoms with van der Waals surface area (Å²) in [6, 6.07) is 7.34. The van der Waals surface area contributed by atoms with E-state index in [4.69, 9.17) is 17.0 Å². The fourth-order valence-corrected chi connectivity index (χ4v) is 3.39. The second-order valence-corrected chi connectivity index (χ2v) is 6.71. The predicted molar refractivity (Wildman–Crippen MR) is 80.5 cm³/mol. The van der Waals surface area contributed by atoms with Crippen LogP contribution >= 0.6 is 11.6 Å². The van der Waals surface area contributed by atoms with Gasteiger partial charge in [-0.25, -0.2) is 8.42 Å². The van der Waals surface area contributed by atoms with Crippen LogP contribution in [0.4, 0.5) is 18.9 Å². The molecule has 0 aliphatic rings. The van der Waals surface area contributed by atoms with E-state index < -0.39 is 32.6 Å². The van der Waals surface area contributed by atoms with Gasteiger partial charge < -0.3 is 10.5 Å². The number of sulfonamides is 1. The van der Waals surface area contributed by atoms with Crippen LogP contribution in [-0.2, 0) is 16.2 Å². The van der Waals surface area contributed by atoms with E-state index in [1.165, 1.54) is 24.3 Å². The molecule has 0 aromatic heterocycles. The van der Waals surface area contributed by atoms with Gasteiger partial charge in [0.1, 0.15) is 0 Å². The minimum atomic E-state index is -4.94. The molecule has 2 N–H and O–H groups in total. The monoisotopic (exact) mass is 377 g/mol. The lowest BCUT2D eigenvalue weighted by Crippen LogP contribution is -2.23. The first-order valence-corrected chi connectivity index (χ1v) is 8.13. The number of hydrogen-bond acceptors (Lipinski definition) is 4. The van der Waals surface area contributed by atoms with Crippen LogP contribution in [-0.4, -0.2) is 14.3 Å². The molecule has 5 nitrogen and oxygen atoms in total. The first-order chi connectivity index (χ1) is 11.0. The van der Waals surface area contributed by atoms with Crippen molar-refractivity contribution in [1.82, 2.24) is 0 Å². The zero-order valence-corrected chi connectivity index (χ0v) is 13.3. The van der Waals surface area contributed by atoms with E-state index in [0.29, 0.717) is 6.07 Å². The Kier molecular flexibility index (Phi) is 4.77. The highest BCUT2D eigenvalue weighted by atomic mass is 35.5. The molecule has 0 amide bonds. The SMILES string of the molecule is N=C([O-])c1ccccc1NS(=O)(=O)c1ccc(Cl)cc1C(F)(F)F. The molecule has 0 aliphatic carbocycles. The molecule has 0 heterocycles. The van der Waals surface area contributed by atoms with E-state index in [0.717, 1.165) is 12.1 Å². The maximum absolute atomic E-state index is 13.1. The van der Waals surface area contributed by atoms with E-state index in [1.54, 1.807) is 0 Å². The van der Waals surface area contributed by atoms with Crippen molar-refractivity contribution in [2.24, 2.45) is 0 Å². The minimum absolute atomic E-state index is 0.275. The zero-order chi connectivity index (χ0) is 18.1. The molecule has 0 aliphatic heterocycles.